The lowest BCUT2D eigenvalue weighted by molar-refractivity contribution is -0.137. The number of carbonyl (C=O) groups excluding carboxylic acids is 1. The number of nitrogens with zero attached hydrogens (tertiary/aromatic N) is 2. The molecule has 1 unspecified atom stereocenters. The molecule has 0 bridgehead atoms. The average molecular weight is 268 g/mol. The van der Waals surface area contributed by atoms with Gasteiger partial charge in [0, 0.05) is 25.7 Å². The maximum Gasteiger partial charge on any atom is 0.236 e. The molecule has 3 heteroatoms. The Morgan fingerprint density at radius 1 is 1.05 bits per heavy atom. The van der Waals surface area contributed by atoms with E-state index in [0.29, 0.717) is 6.54 Å². The SMILES string of the molecule is CCCCCC(C)(CCCC)N1CCN(C)C(=O)C1. The molecule has 112 valence electrons. The summed E-state index contributed by atoms with van der Waals surface area (Å²) in [7, 11) is 1.92. The molecule has 0 N–H and O–H groups in total. The Hall–Kier alpha value is -0.570. The fourth-order valence-electron chi connectivity index (χ4n) is 2.97. The number of rotatable bonds is 8. The molecule has 1 rings (SSSR count). The van der Waals surface area contributed by atoms with E-state index >= 15 is 0 Å². The number of unbranched alkanes of at least 4 members (excludes halogenated alkanes) is 3. The van der Waals surface area contributed by atoms with Crippen LogP contribution < -0.4 is 0 Å². The number of piperazine rings is 1. The maximum absolute atomic E-state index is 11.9. The van der Waals surface area contributed by atoms with E-state index in [1.807, 2.05) is 11.9 Å². The predicted octanol–water partition coefficient (Wildman–Crippen LogP) is 3.29. The molecule has 19 heavy (non-hydrogen) atoms. The molecule has 1 amide bonds. The van der Waals surface area contributed by atoms with Crippen LogP contribution in [0.25, 0.3) is 0 Å². The van der Waals surface area contributed by atoms with Gasteiger partial charge in [-0.25, -0.2) is 0 Å². The second-order valence-electron chi connectivity index (χ2n) is 6.29. The normalized spacial score (nSPS) is 20.6. The highest BCUT2D eigenvalue weighted by molar-refractivity contribution is 5.78. The van der Waals surface area contributed by atoms with E-state index in [4.69, 9.17) is 0 Å². The van der Waals surface area contributed by atoms with Crippen molar-refractivity contribution in [3.05, 3.63) is 0 Å². The van der Waals surface area contributed by atoms with Crippen LogP contribution >= 0.6 is 0 Å². The summed E-state index contributed by atoms with van der Waals surface area (Å²) in [6.07, 6.45) is 8.84. The summed E-state index contributed by atoms with van der Waals surface area (Å²) in [6, 6.07) is 0. The first-order valence-corrected chi connectivity index (χ1v) is 8.02. The second kappa shape index (κ2) is 7.88. The summed E-state index contributed by atoms with van der Waals surface area (Å²) in [5, 5.41) is 0. The zero-order valence-electron chi connectivity index (χ0n) is 13.4. The van der Waals surface area contributed by atoms with Crippen LogP contribution in [0.4, 0.5) is 0 Å². The van der Waals surface area contributed by atoms with Crippen LogP contribution in [0.15, 0.2) is 0 Å². The lowest BCUT2D eigenvalue weighted by Crippen LogP contribution is -2.57. The molecule has 0 radical (unpaired) electrons. The Kier molecular flexibility index (Phi) is 6.84. The van der Waals surface area contributed by atoms with E-state index in [0.717, 1.165) is 13.1 Å². The van der Waals surface area contributed by atoms with Gasteiger partial charge in [-0.3, -0.25) is 9.69 Å². The number of hydrogen-bond acceptors (Lipinski definition) is 2. The minimum absolute atomic E-state index is 0.224. The summed E-state index contributed by atoms with van der Waals surface area (Å²) in [4.78, 5) is 16.2. The topological polar surface area (TPSA) is 23.6 Å². The third kappa shape index (κ3) is 4.79. The molecule has 0 aromatic heterocycles. The smallest absolute Gasteiger partial charge is 0.236 e. The number of amides is 1. The molecule has 1 heterocycles. The van der Waals surface area contributed by atoms with Gasteiger partial charge in [-0.1, -0.05) is 46.0 Å². The molecule has 0 aromatic rings. The van der Waals surface area contributed by atoms with Gasteiger partial charge in [0.1, 0.15) is 0 Å². The van der Waals surface area contributed by atoms with Gasteiger partial charge < -0.3 is 4.90 Å². The van der Waals surface area contributed by atoms with E-state index in [-0.39, 0.29) is 11.4 Å². The van der Waals surface area contributed by atoms with Gasteiger partial charge in [-0.05, 0) is 19.8 Å². The highest BCUT2D eigenvalue weighted by Gasteiger charge is 2.35. The van der Waals surface area contributed by atoms with Gasteiger partial charge in [0.25, 0.3) is 0 Å². The Labute approximate surface area is 119 Å². The molecule has 3 nitrogen and oxygen atoms in total. The predicted molar refractivity (Wildman–Crippen MR) is 81.3 cm³/mol. The van der Waals surface area contributed by atoms with Crippen LogP contribution in [-0.4, -0.2) is 47.9 Å². The van der Waals surface area contributed by atoms with Gasteiger partial charge in [0.2, 0.25) is 5.91 Å². The Bertz CT molecular complexity index is 280. The van der Waals surface area contributed by atoms with Crippen LogP contribution in [0.1, 0.15) is 65.7 Å². The van der Waals surface area contributed by atoms with Crippen molar-refractivity contribution >= 4 is 5.91 Å². The van der Waals surface area contributed by atoms with Crippen molar-refractivity contribution in [2.24, 2.45) is 0 Å². The fraction of sp³-hybridized carbons (Fsp3) is 0.938. The third-order valence-corrected chi connectivity index (χ3v) is 4.61. The molecule has 1 saturated heterocycles. The Morgan fingerprint density at radius 2 is 1.68 bits per heavy atom. The summed E-state index contributed by atoms with van der Waals surface area (Å²) in [5.41, 5.74) is 0.224. The highest BCUT2D eigenvalue weighted by Crippen LogP contribution is 2.29. The van der Waals surface area contributed by atoms with Crippen LogP contribution in [-0.2, 0) is 4.79 Å². The van der Waals surface area contributed by atoms with Crippen molar-refractivity contribution in [3.63, 3.8) is 0 Å². The number of carbonyl (C=O) groups is 1. The van der Waals surface area contributed by atoms with Crippen molar-refractivity contribution in [2.45, 2.75) is 71.3 Å². The zero-order chi connectivity index (χ0) is 14.3. The third-order valence-electron chi connectivity index (χ3n) is 4.61. The molecule has 1 aliphatic rings. The van der Waals surface area contributed by atoms with Gasteiger partial charge in [-0.2, -0.15) is 0 Å². The summed E-state index contributed by atoms with van der Waals surface area (Å²) in [5.74, 6) is 0.282. The van der Waals surface area contributed by atoms with Gasteiger partial charge in [0.15, 0.2) is 0 Å². The number of likely N-dealkylation sites (N-methyl/N-ethyl adjacent to an activating group) is 1. The van der Waals surface area contributed by atoms with Crippen LogP contribution in [0.3, 0.4) is 0 Å². The van der Waals surface area contributed by atoms with Crippen molar-refractivity contribution in [3.8, 4) is 0 Å². The van der Waals surface area contributed by atoms with Crippen LogP contribution in [0, 0.1) is 0 Å². The van der Waals surface area contributed by atoms with E-state index < -0.39 is 0 Å². The van der Waals surface area contributed by atoms with E-state index in [9.17, 15) is 4.79 Å². The molecule has 0 aromatic carbocycles. The van der Waals surface area contributed by atoms with Crippen LogP contribution in [0.2, 0.25) is 0 Å². The Balaban J connectivity index is 2.63. The monoisotopic (exact) mass is 268 g/mol. The van der Waals surface area contributed by atoms with Gasteiger partial charge in [-0.15, -0.1) is 0 Å². The summed E-state index contributed by atoms with van der Waals surface area (Å²) >= 11 is 0. The maximum atomic E-state index is 11.9. The molecular weight excluding hydrogens is 236 g/mol. The van der Waals surface area contributed by atoms with Gasteiger partial charge in [0.05, 0.1) is 6.54 Å². The average Bonchev–Trinajstić information content (AvgIpc) is 2.40. The lowest BCUT2D eigenvalue weighted by Gasteiger charge is -2.45. The first kappa shape index (κ1) is 16.5. The van der Waals surface area contributed by atoms with Crippen molar-refractivity contribution in [1.82, 2.24) is 9.80 Å². The standard InChI is InChI=1S/C16H32N2O/c1-5-7-9-11-16(3,10-8-6-2)18-13-12-17(4)15(19)14-18/h5-14H2,1-4H3. The molecule has 0 spiro atoms. The highest BCUT2D eigenvalue weighted by atomic mass is 16.2. The first-order valence-electron chi connectivity index (χ1n) is 8.02. The van der Waals surface area contributed by atoms with Crippen LogP contribution in [0.5, 0.6) is 0 Å². The molecule has 0 saturated carbocycles. The minimum Gasteiger partial charge on any atom is -0.343 e. The van der Waals surface area contributed by atoms with E-state index in [1.165, 1.54) is 44.9 Å². The summed E-state index contributed by atoms with van der Waals surface area (Å²) in [6.45, 7) is 9.41. The number of hydrogen-bond donors (Lipinski definition) is 0. The fourth-order valence-corrected chi connectivity index (χ4v) is 2.97. The van der Waals surface area contributed by atoms with Gasteiger partial charge >= 0.3 is 0 Å². The lowest BCUT2D eigenvalue weighted by atomic mass is 9.86. The molecule has 0 aliphatic carbocycles. The largest absolute Gasteiger partial charge is 0.343 e. The first-order chi connectivity index (χ1) is 9.03. The van der Waals surface area contributed by atoms with E-state index in [1.54, 1.807) is 0 Å². The minimum atomic E-state index is 0.224. The summed E-state index contributed by atoms with van der Waals surface area (Å²) < 4.78 is 0. The van der Waals surface area contributed by atoms with E-state index in [2.05, 4.69) is 25.7 Å². The second-order valence-corrected chi connectivity index (χ2v) is 6.29. The zero-order valence-corrected chi connectivity index (χ0v) is 13.4. The molecular formula is C16H32N2O. The Morgan fingerprint density at radius 3 is 2.26 bits per heavy atom. The molecule has 1 atom stereocenters. The van der Waals surface area contributed by atoms with Crippen molar-refractivity contribution in [2.75, 3.05) is 26.7 Å². The molecule has 1 fully saturated rings. The molecule has 1 aliphatic heterocycles. The van der Waals surface area contributed by atoms with Crippen molar-refractivity contribution < 1.29 is 4.79 Å². The quantitative estimate of drug-likeness (QED) is 0.631. The van der Waals surface area contributed by atoms with Crippen molar-refractivity contribution in [1.29, 1.82) is 0 Å².